The standard InChI is InChI=1S/C19H20BrFN2O/c20-18-4-2-1-3-17(18)19(24)23-13-11-22(12-14-23)10-9-15-5-7-16(21)8-6-15/h1-8H,9-14H2. The molecule has 24 heavy (non-hydrogen) atoms. The SMILES string of the molecule is O=C(c1ccccc1Br)N1CCN(CCc2ccc(F)cc2)CC1. The molecule has 0 aliphatic carbocycles. The predicted octanol–water partition coefficient (Wildman–Crippen LogP) is 3.59. The van der Waals surface area contributed by atoms with Crippen LogP contribution in [0.2, 0.25) is 0 Å². The summed E-state index contributed by atoms with van der Waals surface area (Å²) in [7, 11) is 0. The minimum absolute atomic E-state index is 0.0839. The van der Waals surface area contributed by atoms with Gasteiger partial charge in [-0.25, -0.2) is 4.39 Å². The summed E-state index contributed by atoms with van der Waals surface area (Å²) in [6.45, 7) is 4.16. The highest BCUT2D eigenvalue weighted by Crippen LogP contribution is 2.18. The summed E-state index contributed by atoms with van der Waals surface area (Å²) in [6, 6.07) is 14.2. The summed E-state index contributed by atoms with van der Waals surface area (Å²) < 4.78 is 13.8. The maximum absolute atomic E-state index is 12.9. The number of hydrogen-bond donors (Lipinski definition) is 0. The molecule has 0 saturated carbocycles. The Labute approximate surface area is 150 Å². The van der Waals surface area contributed by atoms with Crippen LogP contribution in [0.5, 0.6) is 0 Å². The number of amides is 1. The zero-order valence-electron chi connectivity index (χ0n) is 13.4. The lowest BCUT2D eigenvalue weighted by molar-refractivity contribution is 0.0637. The second-order valence-corrected chi connectivity index (χ2v) is 6.84. The fraction of sp³-hybridized carbons (Fsp3) is 0.316. The third-order valence-corrected chi connectivity index (χ3v) is 5.09. The van der Waals surface area contributed by atoms with Crippen LogP contribution in [0.4, 0.5) is 4.39 Å². The Kier molecular flexibility index (Phi) is 5.63. The van der Waals surface area contributed by atoms with E-state index >= 15 is 0 Å². The lowest BCUT2D eigenvalue weighted by Crippen LogP contribution is -2.49. The van der Waals surface area contributed by atoms with E-state index in [9.17, 15) is 9.18 Å². The Balaban J connectivity index is 1.49. The number of hydrogen-bond acceptors (Lipinski definition) is 2. The molecule has 3 rings (SSSR count). The molecule has 126 valence electrons. The van der Waals surface area contributed by atoms with Crippen molar-refractivity contribution < 1.29 is 9.18 Å². The van der Waals surface area contributed by atoms with E-state index in [-0.39, 0.29) is 11.7 Å². The predicted molar refractivity (Wildman–Crippen MR) is 96.6 cm³/mol. The molecular weight excluding hydrogens is 371 g/mol. The highest BCUT2D eigenvalue weighted by Gasteiger charge is 2.23. The number of nitrogens with zero attached hydrogens (tertiary/aromatic N) is 2. The van der Waals surface area contributed by atoms with Crippen molar-refractivity contribution in [1.29, 1.82) is 0 Å². The van der Waals surface area contributed by atoms with E-state index in [0.717, 1.165) is 54.7 Å². The van der Waals surface area contributed by atoms with Crippen molar-refractivity contribution >= 4 is 21.8 Å². The van der Waals surface area contributed by atoms with Crippen LogP contribution in [0.15, 0.2) is 53.0 Å². The first-order chi connectivity index (χ1) is 11.6. The van der Waals surface area contributed by atoms with Gasteiger partial charge < -0.3 is 4.90 Å². The number of piperazine rings is 1. The van der Waals surface area contributed by atoms with Crippen molar-refractivity contribution in [2.75, 3.05) is 32.7 Å². The van der Waals surface area contributed by atoms with E-state index in [1.54, 1.807) is 0 Å². The molecule has 0 bridgehead atoms. The molecule has 1 aliphatic rings. The molecule has 2 aromatic rings. The van der Waals surface area contributed by atoms with Gasteiger partial charge >= 0.3 is 0 Å². The molecule has 0 spiro atoms. The zero-order chi connectivity index (χ0) is 16.9. The fourth-order valence-electron chi connectivity index (χ4n) is 2.92. The Bertz CT molecular complexity index is 697. The van der Waals surface area contributed by atoms with Gasteiger partial charge in [0.2, 0.25) is 0 Å². The van der Waals surface area contributed by atoms with Gasteiger partial charge in [0.05, 0.1) is 5.56 Å². The largest absolute Gasteiger partial charge is 0.336 e. The number of halogens is 2. The lowest BCUT2D eigenvalue weighted by Gasteiger charge is -2.35. The van der Waals surface area contributed by atoms with Crippen molar-refractivity contribution in [3.63, 3.8) is 0 Å². The summed E-state index contributed by atoms with van der Waals surface area (Å²) in [4.78, 5) is 16.8. The summed E-state index contributed by atoms with van der Waals surface area (Å²) in [6.07, 6.45) is 0.901. The molecule has 1 heterocycles. The molecular formula is C19H20BrFN2O. The minimum Gasteiger partial charge on any atom is -0.336 e. The highest BCUT2D eigenvalue weighted by molar-refractivity contribution is 9.10. The van der Waals surface area contributed by atoms with Gasteiger partial charge in [0.25, 0.3) is 5.91 Å². The van der Waals surface area contributed by atoms with Gasteiger partial charge in [0.15, 0.2) is 0 Å². The quantitative estimate of drug-likeness (QED) is 0.796. The minimum atomic E-state index is -0.196. The summed E-state index contributed by atoms with van der Waals surface area (Å²) >= 11 is 3.45. The van der Waals surface area contributed by atoms with Gasteiger partial charge in [-0.15, -0.1) is 0 Å². The van der Waals surface area contributed by atoms with Crippen molar-refractivity contribution in [2.24, 2.45) is 0 Å². The van der Waals surface area contributed by atoms with E-state index in [4.69, 9.17) is 0 Å². The maximum Gasteiger partial charge on any atom is 0.255 e. The maximum atomic E-state index is 12.9. The Morgan fingerprint density at radius 3 is 2.33 bits per heavy atom. The first kappa shape index (κ1) is 17.1. The molecule has 5 heteroatoms. The normalized spacial score (nSPS) is 15.5. The molecule has 0 unspecified atom stereocenters. The first-order valence-electron chi connectivity index (χ1n) is 8.14. The molecule has 3 nitrogen and oxygen atoms in total. The van der Waals surface area contributed by atoms with Crippen LogP contribution >= 0.6 is 15.9 Å². The lowest BCUT2D eigenvalue weighted by atomic mass is 10.1. The van der Waals surface area contributed by atoms with Crippen molar-refractivity contribution in [3.8, 4) is 0 Å². The highest BCUT2D eigenvalue weighted by atomic mass is 79.9. The summed E-state index contributed by atoms with van der Waals surface area (Å²) in [5.41, 5.74) is 1.86. The number of carbonyl (C=O) groups excluding carboxylic acids is 1. The fourth-order valence-corrected chi connectivity index (χ4v) is 3.37. The van der Waals surface area contributed by atoms with Crippen LogP contribution in [-0.2, 0) is 6.42 Å². The average molecular weight is 391 g/mol. The Morgan fingerprint density at radius 2 is 1.67 bits per heavy atom. The van der Waals surface area contributed by atoms with E-state index in [1.165, 1.54) is 12.1 Å². The Hall–Kier alpha value is -1.72. The summed E-state index contributed by atoms with van der Waals surface area (Å²) in [5, 5.41) is 0. The van der Waals surface area contributed by atoms with E-state index in [2.05, 4.69) is 20.8 Å². The molecule has 1 fully saturated rings. The monoisotopic (exact) mass is 390 g/mol. The molecule has 0 aromatic heterocycles. The van der Waals surface area contributed by atoms with Gasteiger partial charge in [-0.3, -0.25) is 9.69 Å². The molecule has 1 saturated heterocycles. The third-order valence-electron chi connectivity index (χ3n) is 4.39. The van der Waals surface area contributed by atoms with Crippen LogP contribution in [-0.4, -0.2) is 48.4 Å². The molecule has 2 aromatic carbocycles. The van der Waals surface area contributed by atoms with Crippen LogP contribution in [0.25, 0.3) is 0 Å². The average Bonchev–Trinajstić information content (AvgIpc) is 2.61. The van der Waals surface area contributed by atoms with Crippen LogP contribution in [0.3, 0.4) is 0 Å². The van der Waals surface area contributed by atoms with E-state index in [1.807, 2.05) is 41.3 Å². The van der Waals surface area contributed by atoms with E-state index < -0.39 is 0 Å². The van der Waals surface area contributed by atoms with Gasteiger partial charge in [0.1, 0.15) is 5.82 Å². The second kappa shape index (κ2) is 7.90. The summed E-state index contributed by atoms with van der Waals surface area (Å²) in [5.74, 6) is -0.112. The molecule has 0 atom stereocenters. The van der Waals surface area contributed by atoms with Crippen molar-refractivity contribution in [1.82, 2.24) is 9.80 Å². The third kappa shape index (κ3) is 4.22. The van der Waals surface area contributed by atoms with Gasteiger partial charge in [0, 0.05) is 37.2 Å². The number of rotatable bonds is 4. The number of benzene rings is 2. The smallest absolute Gasteiger partial charge is 0.255 e. The van der Waals surface area contributed by atoms with Crippen molar-refractivity contribution in [2.45, 2.75) is 6.42 Å². The van der Waals surface area contributed by atoms with Crippen molar-refractivity contribution in [3.05, 3.63) is 69.9 Å². The van der Waals surface area contributed by atoms with Gasteiger partial charge in [-0.2, -0.15) is 0 Å². The van der Waals surface area contributed by atoms with E-state index in [0.29, 0.717) is 0 Å². The van der Waals surface area contributed by atoms with Gasteiger partial charge in [-0.1, -0.05) is 24.3 Å². The van der Waals surface area contributed by atoms with Crippen LogP contribution < -0.4 is 0 Å². The number of carbonyl (C=O) groups is 1. The Morgan fingerprint density at radius 1 is 1.00 bits per heavy atom. The zero-order valence-corrected chi connectivity index (χ0v) is 15.0. The topological polar surface area (TPSA) is 23.6 Å². The van der Waals surface area contributed by atoms with Crippen LogP contribution in [0.1, 0.15) is 15.9 Å². The molecule has 0 N–H and O–H groups in total. The molecule has 0 radical (unpaired) electrons. The first-order valence-corrected chi connectivity index (χ1v) is 8.93. The molecule has 1 aliphatic heterocycles. The van der Waals surface area contributed by atoms with Crippen LogP contribution in [0, 0.1) is 5.82 Å². The second-order valence-electron chi connectivity index (χ2n) is 5.99. The van der Waals surface area contributed by atoms with Gasteiger partial charge in [-0.05, 0) is 52.2 Å². The molecule has 1 amide bonds.